The molecule has 0 atom stereocenters. The van der Waals surface area contributed by atoms with Gasteiger partial charge in [0.15, 0.2) is 0 Å². The highest BCUT2D eigenvalue weighted by Crippen LogP contribution is 2.34. The number of rotatable bonds is 5. The summed E-state index contributed by atoms with van der Waals surface area (Å²) in [5.41, 5.74) is 0.831. The number of aliphatic hydroxyl groups excluding tert-OH is 1. The van der Waals surface area contributed by atoms with E-state index in [4.69, 9.17) is 21.4 Å². The Bertz CT molecular complexity index is 926. The zero-order valence-electron chi connectivity index (χ0n) is 13.0. The summed E-state index contributed by atoms with van der Waals surface area (Å²) in [6.45, 7) is -0.0162. The molecule has 1 heterocycles. The summed E-state index contributed by atoms with van der Waals surface area (Å²) in [6.07, 6.45) is 0. The average Bonchev–Trinajstić information content (AvgIpc) is 2.59. The molecule has 3 rings (SSSR count). The first-order valence-corrected chi connectivity index (χ1v) is 7.76. The number of anilines is 1. The Morgan fingerprint density at radius 3 is 2.71 bits per heavy atom. The molecule has 0 aliphatic heterocycles. The highest BCUT2D eigenvalue weighted by Gasteiger charge is 2.16. The molecule has 2 aromatic carbocycles. The quantitative estimate of drug-likeness (QED) is 0.743. The number of aliphatic hydroxyl groups is 1. The monoisotopic (exact) mass is 345 g/mol. The second-order valence-electron chi connectivity index (χ2n) is 5.03. The molecule has 24 heavy (non-hydrogen) atoms. The van der Waals surface area contributed by atoms with Gasteiger partial charge in [-0.05, 0) is 24.3 Å². The van der Waals surface area contributed by atoms with Crippen LogP contribution in [0.2, 0.25) is 5.02 Å². The maximum Gasteiger partial charge on any atom is 0.354 e. The number of hydrogen-bond donors (Lipinski definition) is 2. The Morgan fingerprint density at radius 1 is 1.29 bits per heavy atom. The van der Waals surface area contributed by atoms with Crippen LogP contribution in [0.3, 0.4) is 0 Å². The molecule has 6 nitrogen and oxygen atoms in total. The summed E-state index contributed by atoms with van der Waals surface area (Å²) in [6, 6.07) is 12.5. The molecule has 0 amide bonds. The number of hydrogen-bond acceptors (Lipinski definition) is 5. The minimum absolute atomic E-state index is 0.114. The lowest BCUT2D eigenvalue weighted by Gasteiger charge is -2.16. The Kier molecular flexibility index (Phi) is 4.69. The molecule has 0 aliphatic carbocycles. The highest BCUT2D eigenvalue weighted by molar-refractivity contribution is 6.31. The van der Waals surface area contributed by atoms with Crippen molar-refractivity contribution < 1.29 is 9.84 Å². The predicted molar refractivity (Wildman–Crippen MR) is 94.5 cm³/mol. The molecule has 1 aromatic heterocycles. The number of para-hydroxylation sites is 1. The van der Waals surface area contributed by atoms with Crippen LogP contribution in [0.15, 0.2) is 47.3 Å². The van der Waals surface area contributed by atoms with Crippen LogP contribution in [0.1, 0.15) is 0 Å². The van der Waals surface area contributed by atoms with E-state index >= 15 is 0 Å². The number of nitrogens with zero attached hydrogens (tertiary/aromatic N) is 2. The molecule has 2 N–H and O–H groups in total. The van der Waals surface area contributed by atoms with Crippen molar-refractivity contribution in [1.82, 2.24) is 9.55 Å². The molecule has 0 radical (unpaired) electrons. The van der Waals surface area contributed by atoms with E-state index in [0.29, 0.717) is 33.2 Å². The van der Waals surface area contributed by atoms with Gasteiger partial charge < -0.3 is 15.2 Å². The van der Waals surface area contributed by atoms with Crippen LogP contribution in [-0.4, -0.2) is 34.9 Å². The Labute approximate surface area is 143 Å². The molecule has 0 aliphatic rings. The van der Waals surface area contributed by atoms with Crippen molar-refractivity contribution in [1.29, 1.82) is 0 Å². The molecule has 0 saturated carbocycles. The average molecular weight is 346 g/mol. The zero-order chi connectivity index (χ0) is 17.1. The van der Waals surface area contributed by atoms with Gasteiger partial charge in [0.1, 0.15) is 18.2 Å². The van der Waals surface area contributed by atoms with Crippen LogP contribution in [0.25, 0.3) is 16.6 Å². The molecule has 124 valence electrons. The number of fused-ring (bicyclic) bond motifs is 1. The molecule has 0 spiro atoms. The Balaban J connectivity index is 2.40. The van der Waals surface area contributed by atoms with Gasteiger partial charge >= 0.3 is 5.69 Å². The number of ether oxygens (including phenoxy) is 1. The van der Waals surface area contributed by atoms with Gasteiger partial charge in [-0.15, -0.1) is 0 Å². The number of halogens is 1. The summed E-state index contributed by atoms with van der Waals surface area (Å²) in [4.78, 5) is 16.6. The second kappa shape index (κ2) is 6.90. The van der Waals surface area contributed by atoms with Gasteiger partial charge in [-0.3, -0.25) is 4.57 Å². The molecular weight excluding hydrogens is 330 g/mol. The zero-order valence-corrected chi connectivity index (χ0v) is 13.7. The summed E-state index contributed by atoms with van der Waals surface area (Å²) in [5.74, 6) is 0.847. The molecule has 7 heteroatoms. The lowest BCUT2D eigenvalue weighted by Crippen LogP contribution is -2.23. The third kappa shape index (κ3) is 2.93. The third-order valence-electron chi connectivity index (χ3n) is 3.52. The second-order valence-corrected chi connectivity index (χ2v) is 5.47. The smallest absolute Gasteiger partial charge is 0.354 e. The van der Waals surface area contributed by atoms with Crippen LogP contribution in [0.5, 0.6) is 5.75 Å². The Hall–Kier alpha value is -2.57. The van der Waals surface area contributed by atoms with Gasteiger partial charge in [-0.2, -0.15) is 4.98 Å². The lowest BCUT2D eigenvalue weighted by atomic mass is 10.2. The highest BCUT2D eigenvalue weighted by atomic mass is 35.5. The maximum absolute atomic E-state index is 12.5. The van der Waals surface area contributed by atoms with Gasteiger partial charge in [0.05, 0.1) is 23.2 Å². The maximum atomic E-state index is 12.5. The number of benzene rings is 2. The topological polar surface area (TPSA) is 76.4 Å². The first-order chi connectivity index (χ1) is 11.7. The van der Waals surface area contributed by atoms with Crippen molar-refractivity contribution in [3.05, 3.63) is 58.0 Å². The fourth-order valence-electron chi connectivity index (χ4n) is 2.56. The van der Waals surface area contributed by atoms with Gasteiger partial charge in [0, 0.05) is 12.1 Å². The molecule has 0 unspecified atom stereocenters. The standard InChI is InChI=1S/C17H16ClN3O3/c1-19-16-15-13(9-11(18)10-14(15)24-8-7-22)21(17(23)20-16)12-5-3-2-4-6-12/h2-6,9-10,22H,7-8H2,1H3,(H,19,20,23). The van der Waals surface area contributed by atoms with Gasteiger partial charge in [-0.1, -0.05) is 29.8 Å². The van der Waals surface area contributed by atoms with Crippen molar-refractivity contribution in [2.75, 3.05) is 25.6 Å². The molecule has 0 bridgehead atoms. The fourth-order valence-corrected chi connectivity index (χ4v) is 2.77. The van der Waals surface area contributed by atoms with Crippen molar-refractivity contribution in [3.8, 4) is 11.4 Å². The fraction of sp³-hybridized carbons (Fsp3) is 0.176. The summed E-state index contributed by atoms with van der Waals surface area (Å²) >= 11 is 6.21. The van der Waals surface area contributed by atoms with Crippen LogP contribution < -0.4 is 15.7 Å². The van der Waals surface area contributed by atoms with Crippen LogP contribution in [-0.2, 0) is 0 Å². The summed E-state index contributed by atoms with van der Waals surface area (Å²) < 4.78 is 7.07. The lowest BCUT2D eigenvalue weighted by molar-refractivity contribution is 0.203. The van der Waals surface area contributed by atoms with E-state index in [9.17, 15) is 4.79 Å². The normalized spacial score (nSPS) is 10.8. The van der Waals surface area contributed by atoms with E-state index < -0.39 is 5.69 Å². The molecule has 0 fully saturated rings. The van der Waals surface area contributed by atoms with E-state index in [-0.39, 0.29) is 13.2 Å². The van der Waals surface area contributed by atoms with Crippen LogP contribution in [0.4, 0.5) is 5.82 Å². The predicted octanol–water partition coefficient (Wildman–Crippen LogP) is 2.45. The van der Waals surface area contributed by atoms with E-state index in [1.165, 1.54) is 4.57 Å². The van der Waals surface area contributed by atoms with Gasteiger partial charge in [0.2, 0.25) is 0 Å². The van der Waals surface area contributed by atoms with Gasteiger partial charge in [-0.25, -0.2) is 4.79 Å². The molecule has 3 aromatic rings. The van der Waals surface area contributed by atoms with Crippen molar-refractivity contribution in [2.24, 2.45) is 0 Å². The number of nitrogens with one attached hydrogen (secondary N) is 1. The Morgan fingerprint density at radius 2 is 2.04 bits per heavy atom. The SMILES string of the molecule is CNc1nc(=O)n(-c2ccccc2)c2cc(Cl)cc(OCCO)c12. The minimum Gasteiger partial charge on any atom is -0.490 e. The van der Waals surface area contributed by atoms with Gasteiger partial charge in [0.25, 0.3) is 0 Å². The first-order valence-electron chi connectivity index (χ1n) is 7.39. The minimum atomic E-state index is -0.423. The summed E-state index contributed by atoms with van der Waals surface area (Å²) in [5, 5.41) is 13.0. The van der Waals surface area contributed by atoms with E-state index in [1.54, 1.807) is 19.2 Å². The van der Waals surface area contributed by atoms with Crippen LogP contribution >= 0.6 is 11.6 Å². The van der Waals surface area contributed by atoms with Crippen LogP contribution in [0, 0.1) is 0 Å². The van der Waals surface area contributed by atoms with Crippen molar-refractivity contribution in [3.63, 3.8) is 0 Å². The van der Waals surface area contributed by atoms with Crippen molar-refractivity contribution in [2.45, 2.75) is 0 Å². The van der Waals surface area contributed by atoms with E-state index in [1.807, 2.05) is 30.3 Å². The van der Waals surface area contributed by atoms with E-state index in [2.05, 4.69) is 10.3 Å². The first kappa shape index (κ1) is 16.3. The number of aromatic nitrogens is 2. The molecular formula is C17H16ClN3O3. The van der Waals surface area contributed by atoms with Crippen molar-refractivity contribution >= 4 is 28.3 Å². The third-order valence-corrected chi connectivity index (χ3v) is 3.74. The van der Waals surface area contributed by atoms with E-state index in [0.717, 1.165) is 0 Å². The largest absolute Gasteiger partial charge is 0.490 e. The summed E-state index contributed by atoms with van der Waals surface area (Å²) in [7, 11) is 1.68. The molecule has 0 saturated heterocycles.